The molecule has 2 N–H and O–H groups in total. The van der Waals surface area contributed by atoms with Crippen LogP contribution in [0, 0.1) is 6.92 Å². The monoisotopic (exact) mass is 338 g/mol. The van der Waals surface area contributed by atoms with Crippen molar-refractivity contribution in [1.29, 1.82) is 0 Å². The zero-order valence-corrected chi connectivity index (χ0v) is 13.7. The Kier molecular flexibility index (Phi) is 4.99. The number of hydrogen-bond donors (Lipinski definition) is 2. The molecule has 0 bridgehead atoms. The van der Waals surface area contributed by atoms with Crippen LogP contribution in [0.1, 0.15) is 21.5 Å². The molecule has 128 valence electrons. The van der Waals surface area contributed by atoms with Crippen LogP contribution < -0.4 is 20.3 Å². The molecule has 1 heterocycles. The number of amides is 2. The van der Waals surface area contributed by atoms with Gasteiger partial charge in [-0.05, 0) is 42.3 Å². The summed E-state index contributed by atoms with van der Waals surface area (Å²) >= 11 is 0. The van der Waals surface area contributed by atoms with Gasteiger partial charge in [-0.15, -0.1) is 0 Å². The fourth-order valence-corrected chi connectivity index (χ4v) is 2.39. The topological polar surface area (TPSA) is 76.7 Å². The highest BCUT2D eigenvalue weighted by Crippen LogP contribution is 2.31. The van der Waals surface area contributed by atoms with Gasteiger partial charge < -0.3 is 9.47 Å². The first-order valence-electron chi connectivity index (χ1n) is 7.87. The predicted octanol–water partition coefficient (Wildman–Crippen LogP) is 2.24. The zero-order valence-electron chi connectivity index (χ0n) is 13.7. The molecule has 0 radical (unpaired) electrons. The van der Waals surface area contributed by atoms with Crippen LogP contribution in [0.2, 0.25) is 0 Å². The molecule has 2 amide bonds. The normalized spacial score (nSPS) is 12.7. The summed E-state index contributed by atoms with van der Waals surface area (Å²) in [6.45, 7) is 2.87. The number of hydrazine groups is 1. The number of nitrogens with one attached hydrogen (secondary N) is 2. The Balaban J connectivity index is 1.56. The second-order valence-corrected chi connectivity index (χ2v) is 5.49. The predicted molar refractivity (Wildman–Crippen MR) is 93.3 cm³/mol. The molecular formula is C19H18N2O4. The number of fused-ring (bicyclic) bond motifs is 1. The van der Waals surface area contributed by atoms with E-state index >= 15 is 0 Å². The molecule has 0 saturated heterocycles. The van der Waals surface area contributed by atoms with E-state index in [9.17, 15) is 9.59 Å². The summed E-state index contributed by atoms with van der Waals surface area (Å²) in [5.74, 6) is 0.552. The van der Waals surface area contributed by atoms with Gasteiger partial charge in [0.05, 0.1) is 0 Å². The smallest absolute Gasteiger partial charge is 0.269 e. The summed E-state index contributed by atoms with van der Waals surface area (Å²) in [4.78, 5) is 23.9. The summed E-state index contributed by atoms with van der Waals surface area (Å²) in [5.41, 5.74) is 6.89. The van der Waals surface area contributed by atoms with Crippen LogP contribution >= 0.6 is 0 Å². The lowest BCUT2D eigenvalue weighted by Gasteiger charge is -2.18. The second-order valence-electron chi connectivity index (χ2n) is 5.49. The Morgan fingerprint density at radius 3 is 2.56 bits per heavy atom. The summed E-state index contributed by atoms with van der Waals surface area (Å²) < 4.78 is 10.9. The number of hydrogen-bond acceptors (Lipinski definition) is 4. The fourth-order valence-electron chi connectivity index (χ4n) is 2.39. The van der Waals surface area contributed by atoms with Crippen molar-refractivity contribution >= 4 is 17.9 Å². The number of carbonyl (C=O) groups excluding carboxylic acids is 2. The molecule has 0 aromatic heterocycles. The molecule has 3 rings (SSSR count). The van der Waals surface area contributed by atoms with Crippen LogP contribution in [0.3, 0.4) is 0 Å². The van der Waals surface area contributed by atoms with Gasteiger partial charge in [0.25, 0.3) is 11.8 Å². The Hall–Kier alpha value is -3.28. The summed E-state index contributed by atoms with van der Waals surface area (Å²) in [6, 6.07) is 12.6. The van der Waals surface area contributed by atoms with Gasteiger partial charge in [-0.1, -0.05) is 24.3 Å². The van der Waals surface area contributed by atoms with Crippen LogP contribution in [0.5, 0.6) is 11.5 Å². The second kappa shape index (κ2) is 7.53. The van der Waals surface area contributed by atoms with Crippen molar-refractivity contribution < 1.29 is 19.1 Å². The minimum absolute atomic E-state index is 0.362. The highest BCUT2D eigenvalue weighted by Gasteiger charge is 2.11. The minimum atomic E-state index is -0.433. The largest absolute Gasteiger partial charge is 0.486 e. The van der Waals surface area contributed by atoms with Gasteiger partial charge in [0.1, 0.15) is 13.2 Å². The van der Waals surface area contributed by atoms with E-state index in [4.69, 9.17) is 9.47 Å². The number of carbonyl (C=O) groups is 2. The molecule has 1 aliphatic heterocycles. The minimum Gasteiger partial charge on any atom is -0.486 e. The van der Waals surface area contributed by atoms with E-state index in [1.54, 1.807) is 30.3 Å². The lowest BCUT2D eigenvalue weighted by atomic mass is 10.1. The van der Waals surface area contributed by atoms with Crippen LogP contribution in [0.25, 0.3) is 6.08 Å². The van der Waals surface area contributed by atoms with Crippen molar-refractivity contribution in [3.8, 4) is 11.5 Å². The fraction of sp³-hybridized carbons (Fsp3) is 0.158. The molecule has 0 aliphatic carbocycles. The average molecular weight is 338 g/mol. The Bertz CT molecular complexity index is 830. The molecule has 0 spiro atoms. The molecule has 6 heteroatoms. The van der Waals surface area contributed by atoms with Crippen LogP contribution in [0.15, 0.2) is 48.5 Å². The van der Waals surface area contributed by atoms with E-state index in [1.165, 1.54) is 6.08 Å². The van der Waals surface area contributed by atoms with Crippen LogP contribution in [-0.2, 0) is 4.79 Å². The lowest BCUT2D eigenvalue weighted by molar-refractivity contribution is -0.117. The van der Waals surface area contributed by atoms with Crippen molar-refractivity contribution in [2.24, 2.45) is 0 Å². The van der Waals surface area contributed by atoms with Crippen LogP contribution in [0.4, 0.5) is 0 Å². The van der Waals surface area contributed by atoms with Gasteiger partial charge in [-0.2, -0.15) is 0 Å². The van der Waals surface area contributed by atoms with E-state index in [-0.39, 0.29) is 5.91 Å². The number of benzene rings is 2. The molecule has 2 aromatic carbocycles. The van der Waals surface area contributed by atoms with Gasteiger partial charge in [-0.3, -0.25) is 20.4 Å². The molecule has 1 aliphatic rings. The van der Waals surface area contributed by atoms with Crippen molar-refractivity contribution in [3.05, 3.63) is 65.2 Å². The summed E-state index contributed by atoms with van der Waals surface area (Å²) in [5, 5.41) is 0. The first kappa shape index (κ1) is 16.6. The van der Waals surface area contributed by atoms with E-state index in [2.05, 4.69) is 10.9 Å². The van der Waals surface area contributed by atoms with Crippen molar-refractivity contribution in [3.63, 3.8) is 0 Å². The summed E-state index contributed by atoms with van der Waals surface area (Å²) in [6.07, 6.45) is 2.97. The van der Waals surface area contributed by atoms with Gasteiger partial charge in [0, 0.05) is 11.6 Å². The summed E-state index contributed by atoms with van der Waals surface area (Å²) in [7, 11) is 0. The highest BCUT2D eigenvalue weighted by molar-refractivity contribution is 5.98. The van der Waals surface area contributed by atoms with E-state index < -0.39 is 5.91 Å². The molecule has 0 fully saturated rings. The highest BCUT2D eigenvalue weighted by atomic mass is 16.6. The standard InChI is InChI=1S/C19H18N2O4/c1-13-4-2-3-5-15(13)19(23)21-20-18(22)9-7-14-6-8-16-17(12-14)25-11-10-24-16/h2-9,12H,10-11H2,1H3,(H,20,22)(H,21,23)/b9-7+. The third kappa shape index (κ3) is 4.17. The maximum Gasteiger partial charge on any atom is 0.269 e. The molecule has 0 atom stereocenters. The Morgan fingerprint density at radius 2 is 1.76 bits per heavy atom. The van der Waals surface area contributed by atoms with Crippen molar-refractivity contribution in [2.75, 3.05) is 13.2 Å². The molecule has 0 unspecified atom stereocenters. The zero-order chi connectivity index (χ0) is 17.6. The number of rotatable bonds is 3. The van der Waals surface area contributed by atoms with E-state index in [0.29, 0.717) is 30.3 Å². The molecule has 6 nitrogen and oxygen atoms in total. The SMILES string of the molecule is Cc1ccccc1C(=O)NNC(=O)/C=C/c1ccc2c(c1)OCCO2. The molecule has 0 saturated carbocycles. The number of aryl methyl sites for hydroxylation is 1. The van der Waals surface area contributed by atoms with E-state index in [1.807, 2.05) is 25.1 Å². The average Bonchev–Trinajstić information content (AvgIpc) is 2.64. The first-order chi connectivity index (χ1) is 12.1. The van der Waals surface area contributed by atoms with Crippen molar-refractivity contribution in [1.82, 2.24) is 10.9 Å². The van der Waals surface area contributed by atoms with Crippen molar-refractivity contribution in [2.45, 2.75) is 6.92 Å². The maximum atomic E-state index is 12.0. The van der Waals surface area contributed by atoms with Gasteiger partial charge in [0.15, 0.2) is 11.5 Å². The molecular weight excluding hydrogens is 320 g/mol. The Labute approximate surface area is 145 Å². The third-order valence-corrected chi connectivity index (χ3v) is 3.68. The number of ether oxygens (including phenoxy) is 2. The lowest BCUT2D eigenvalue weighted by Crippen LogP contribution is -2.41. The maximum absolute atomic E-state index is 12.0. The quantitative estimate of drug-likeness (QED) is 0.665. The molecule has 25 heavy (non-hydrogen) atoms. The third-order valence-electron chi connectivity index (χ3n) is 3.68. The Morgan fingerprint density at radius 1 is 1.00 bits per heavy atom. The van der Waals surface area contributed by atoms with Gasteiger partial charge in [0.2, 0.25) is 0 Å². The van der Waals surface area contributed by atoms with Gasteiger partial charge >= 0.3 is 0 Å². The van der Waals surface area contributed by atoms with Crippen LogP contribution in [-0.4, -0.2) is 25.0 Å². The van der Waals surface area contributed by atoms with Gasteiger partial charge in [-0.25, -0.2) is 0 Å². The van der Waals surface area contributed by atoms with E-state index in [0.717, 1.165) is 11.1 Å². The first-order valence-corrected chi connectivity index (χ1v) is 7.87. The molecule has 2 aromatic rings.